The molecule has 2 rings (SSSR count). The van der Waals surface area contributed by atoms with Gasteiger partial charge in [-0.3, -0.25) is 4.68 Å². The van der Waals surface area contributed by atoms with Gasteiger partial charge in [0.25, 0.3) is 0 Å². The van der Waals surface area contributed by atoms with Gasteiger partial charge in [-0.1, -0.05) is 6.07 Å². The highest BCUT2D eigenvalue weighted by atomic mass is 19.1. The zero-order valence-electron chi connectivity index (χ0n) is 8.51. The Morgan fingerprint density at radius 2 is 2.19 bits per heavy atom. The Morgan fingerprint density at radius 1 is 1.44 bits per heavy atom. The molecule has 0 bridgehead atoms. The summed E-state index contributed by atoms with van der Waals surface area (Å²) in [5.41, 5.74) is 0.270. The van der Waals surface area contributed by atoms with Crippen LogP contribution in [0.15, 0.2) is 30.5 Å². The Labute approximate surface area is 90.9 Å². The minimum atomic E-state index is -1.28. The van der Waals surface area contributed by atoms with E-state index in [0.717, 1.165) is 0 Å². The van der Waals surface area contributed by atoms with Crippen molar-refractivity contribution in [2.24, 2.45) is 7.05 Å². The van der Waals surface area contributed by atoms with E-state index in [0.29, 0.717) is 5.69 Å². The molecule has 2 aromatic rings. The molecule has 0 radical (unpaired) electrons. The van der Waals surface area contributed by atoms with Gasteiger partial charge in [-0.2, -0.15) is 5.10 Å². The van der Waals surface area contributed by atoms with Crippen LogP contribution in [-0.4, -0.2) is 20.9 Å². The lowest BCUT2D eigenvalue weighted by Gasteiger charge is -2.02. The summed E-state index contributed by atoms with van der Waals surface area (Å²) in [5, 5.41) is 12.8. The number of benzene rings is 1. The fourth-order valence-corrected chi connectivity index (χ4v) is 1.45. The molecule has 0 aliphatic rings. The van der Waals surface area contributed by atoms with Crippen molar-refractivity contribution in [1.29, 1.82) is 0 Å². The first-order valence-electron chi connectivity index (χ1n) is 4.61. The van der Waals surface area contributed by atoms with Crippen molar-refractivity contribution in [2.75, 3.05) is 0 Å². The lowest BCUT2D eigenvalue weighted by atomic mass is 10.1. The third kappa shape index (κ3) is 1.67. The molecule has 0 atom stereocenters. The molecule has 0 aliphatic carbocycles. The van der Waals surface area contributed by atoms with E-state index in [2.05, 4.69) is 5.10 Å². The number of carbonyl (C=O) groups is 1. The Balaban J connectivity index is 2.58. The highest BCUT2D eigenvalue weighted by Gasteiger charge is 2.15. The number of carboxylic acid groups (broad SMARTS) is 1. The van der Waals surface area contributed by atoms with Crippen molar-refractivity contribution < 1.29 is 14.3 Å². The van der Waals surface area contributed by atoms with Crippen LogP contribution in [0.25, 0.3) is 11.3 Å². The number of aromatic carboxylic acids is 1. The molecule has 82 valence electrons. The van der Waals surface area contributed by atoms with Gasteiger partial charge in [-0.25, -0.2) is 9.18 Å². The Kier molecular flexibility index (Phi) is 2.44. The zero-order valence-corrected chi connectivity index (χ0v) is 8.51. The summed E-state index contributed by atoms with van der Waals surface area (Å²) in [6.07, 6.45) is 1.67. The average Bonchev–Trinajstić information content (AvgIpc) is 2.64. The highest BCUT2D eigenvalue weighted by Crippen LogP contribution is 2.23. The van der Waals surface area contributed by atoms with Gasteiger partial charge < -0.3 is 5.11 Å². The molecule has 1 N–H and O–H groups in total. The molecule has 0 aliphatic heterocycles. The van der Waals surface area contributed by atoms with Gasteiger partial charge in [-0.05, 0) is 18.2 Å². The van der Waals surface area contributed by atoms with E-state index in [1.54, 1.807) is 19.3 Å². The molecular weight excluding hydrogens is 211 g/mol. The maximum absolute atomic E-state index is 13.8. The molecule has 0 saturated carbocycles. The molecule has 0 saturated heterocycles. The summed E-state index contributed by atoms with van der Waals surface area (Å²) < 4.78 is 15.3. The summed E-state index contributed by atoms with van der Waals surface area (Å²) in [7, 11) is 1.71. The van der Waals surface area contributed by atoms with Gasteiger partial charge in [0, 0.05) is 18.8 Å². The second kappa shape index (κ2) is 3.77. The minimum Gasteiger partial charge on any atom is -0.478 e. The van der Waals surface area contributed by atoms with E-state index in [1.807, 2.05) is 0 Å². The molecule has 4 nitrogen and oxygen atoms in total. The number of halogens is 1. The SMILES string of the molecule is Cn1ccc(-c2cccc(C(=O)O)c2F)n1. The molecule has 1 heterocycles. The number of nitrogens with zero attached hydrogens (tertiary/aromatic N) is 2. The van der Waals surface area contributed by atoms with E-state index in [4.69, 9.17) is 5.11 Å². The predicted molar refractivity (Wildman–Crippen MR) is 55.6 cm³/mol. The van der Waals surface area contributed by atoms with Crippen LogP contribution in [0.2, 0.25) is 0 Å². The first-order chi connectivity index (χ1) is 7.59. The smallest absolute Gasteiger partial charge is 0.338 e. The van der Waals surface area contributed by atoms with Crippen LogP contribution in [0.4, 0.5) is 4.39 Å². The van der Waals surface area contributed by atoms with Gasteiger partial charge in [0.2, 0.25) is 0 Å². The molecule has 0 amide bonds. The van der Waals surface area contributed by atoms with Crippen LogP contribution in [0, 0.1) is 5.82 Å². The summed E-state index contributed by atoms with van der Waals surface area (Å²) in [5.74, 6) is -2.04. The minimum absolute atomic E-state index is 0.195. The lowest BCUT2D eigenvalue weighted by molar-refractivity contribution is 0.0692. The number of carboxylic acids is 1. The van der Waals surface area contributed by atoms with Crippen molar-refractivity contribution in [1.82, 2.24) is 9.78 Å². The molecule has 5 heteroatoms. The van der Waals surface area contributed by atoms with Gasteiger partial charge in [0.1, 0.15) is 5.82 Å². The molecule has 1 aromatic carbocycles. The van der Waals surface area contributed by atoms with Gasteiger partial charge in [-0.15, -0.1) is 0 Å². The van der Waals surface area contributed by atoms with Crippen LogP contribution in [0.3, 0.4) is 0 Å². The van der Waals surface area contributed by atoms with E-state index >= 15 is 0 Å². The molecule has 0 fully saturated rings. The van der Waals surface area contributed by atoms with E-state index in [9.17, 15) is 9.18 Å². The molecule has 0 spiro atoms. The van der Waals surface area contributed by atoms with Crippen molar-refractivity contribution in [3.63, 3.8) is 0 Å². The van der Waals surface area contributed by atoms with Gasteiger partial charge in [0.05, 0.1) is 11.3 Å². The van der Waals surface area contributed by atoms with Crippen LogP contribution in [0.1, 0.15) is 10.4 Å². The van der Waals surface area contributed by atoms with Crippen LogP contribution < -0.4 is 0 Å². The van der Waals surface area contributed by atoms with Crippen molar-refractivity contribution in [3.8, 4) is 11.3 Å². The summed E-state index contributed by atoms with van der Waals surface area (Å²) >= 11 is 0. The van der Waals surface area contributed by atoms with Gasteiger partial charge >= 0.3 is 5.97 Å². The third-order valence-corrected chi connectivity index (χ3v) is 2.22. The molecule has 0 unspecified atom stereocenters. The highest BCUT2D eigenvalue weighted by molar-refractivity contribution is 5.89. The number of hydrogen-bond acceptors (Lipinski definition) is 2. The quantitative estimate of drug-likeness (QED) is 0.841. The maximum Gasteiger partial charge on any atom is 0.338 e. The van der Waals surface area contributed by atoms with Crippen LogP contribution in [-0.2, 0) is 7.05 Å². The first kappa shape index (κ1) is 10.4. The zero-order chi connectivity index (χ0) is 11.7. The molecule has 1 aromatic heterocycles. The number of rotatable bonds is 2. The number of aryl methyl sites for hydroxylation is 1. The monoisotopic (exact) mass is 220 g/mol. The first-order valence-corrected chi connectivity index (χ1v) is 4.61. The predicted octanol–water partition coefficient (Wildman–Crippen LogP) is 1.92. The second-order valence-corrected chi connectivity index (χ2v) is 3.35. The summed E-state index contributed by atoms with van der Waals surface area (Å²) in [6.45, 7) is 0. The second-order valence-electron chi connectivity index (χ2n) is 3.35. The van der Waals surface area contributed by atoms with E-state index in [1.165, 1.54) is 22.9 Å². The molecule has 16 heavy (non-hydrogen) atoms. The lowest BCUT2D eigenvalue weighted by Crippen LogP contribution is -2.02. The van der Waals surface area contributed by atoms with Crippen LogP contribution in [0.5, 0.6) is 0 Å². The van der Waals surface area contributed by atoms with Crippen molar-refractivity contribution in [3.05, 3.63) is 41.8 Å². The number of hydrogen-bond donors (Lipinski definition) is 1. The Hall–Kier alpha value is -2.17. The van der Waals surface area contributed by atoms with Crippen molar-refractivity contribution >= 4 is 5.97 Å². The fraction of sp³-hybridized carbons (Fsp3) is 0.0909. The summed E-state index contributed by atoms with van der Waals surface area (Å²) in [4.78, 5) is 10.7. The van der Waals surface area contributed by atoms with Gasteiger partial charge in [0.15, 0.2) is 0 Å². The third-order valence-electron chi connectivity index (χ3n) is 2.22. The Bertz CT molecular complexity index is 549. The largest absolute Gasteiger partial charge is 0.478 e. The molecular formula is C11H9FN2O2. The average molecular weight is 220 g/mol. The normalized spacial score (nSPS) is 10.4. The standard InChI is InChI=1S/C11H9FN2O2/c1-14-6-5-9(13-14)7-3-2-4-8(10(7)12)11(15)16/h2-6H,1H3,(H,15,16). The fourth-order valence-electron chi connectivity index (χ4n) is 1.45. The van der Waals surface area contributed by atoms with Crippen molar-refractivity contribution in [2.45, 2.75) is 0 Å². The maximum atomic E-state index is 13.8. The Morgan fingerprint density at radius 3 is 2.75 bits per heavy atom. The topological polar surface area (TPSA) is 55.1 Å². The van der Waals surface area contributed by atoms with Crippen LogP contribution >= 0.6 is 0 Å². The van der Waals surface area contributed by atoms with E-state index in [-0.39, 0.29) is 11.1 Å². The number of aromatic nitrogens is 2. The summed E-state index contributed by atoms with van der Waals surface area (Å²) in [6, 6.07) is 5.86. The van der Waals surface area contributed by atoms with E-state index < -0.39 is 11.8 Å².